The number of carbonyl (C=O) groups excluding carboxylic acids is 1. The minimum atomic E-state index is -0.164. The molecule has 0 bridgehead atoms. The van der Waals surface area contributed by atoms with E-state index in [1.165, 1.54) is 0 Å². The fraction of sp³-hybridized carbons (Fsp3) is 0.286. The van der Waals surface area contributed by atoms with Crippen molar-refractivity contribution in [2.75, 3.05) is 0 Å². The van der Waals surface area contributed by atoms with Crippen molar-refractivity contribution < 1.29 is 4.79 Å². The lowest BCUT2D eigenvalue weighted by Gasteiger charge is -2.00. The largest absolute Gasteiger partial charge is 0.327 e. The molecule has 0 aliphatic carbocycles. The Morgan fingerprint density at radius 2 is 1.78 bits per heavy atom. The van der Waals surface area contributed by atoms with Crippen LogP contribution in [0.2, 0.25) is 0 Å². The van der Waals surface area contributed by atoms with Crippen molar-refractivity contribution in [2.45, 2.75) is 13.8 Å². The van der Waals surface area contributed by atoms with Crippen molar-refractivity contribution in [3.63, 3.8) is 0 Å². The van der Waals surface area contributed by atoms with Crippen LogP contribution in [0.1, 0.15) is 13.8 Å². The van der Waals surface area contributed by atoms with E-state index in [2.05, 4.69) is 18.5 Å². The Balaban J connectivity index is 3.79. The van der Waals surface area contributed by atoms with Gasteiger partial charge in [0.05, 0.1) is 0 Å². The number of carbonyl (C=O) groups is 1. The Kier molecular flexibility index (Phi) is 2.71. The summed E-state index contributed by atoms with van der Waals surface area (Å²) in [5.41, 5.74) is 1.14. The quantitative estimate of drug-likeness (QED) is 0.552. The Morgan fingerprint density at radius 3 is 1.89 bits per heavy atom. The number of allylic oxidation sites excluding steroid dienone is 1. The minimum absolute atomic E-state index is 0.164. The second kappa shape index (κ2) is 3.07. The number of amides is 1. The van der Waals surface area contributed by atoms with Crippen LogP contribution < -0.4 is 5.32 Å². The first-order chi connectivity index (χ1) is 4.04. The average Bonchev–Trinajstić information content (AvgIpc) is 1.63. The second-order valence-corrected chi connectivity index (χ2v) is 2.01. The molecular weight excluding hydrogens is 114 g/mol. The lowest BCUT2D eigenvalue weighted by atomic mass is 10.3. The highest BCUT2D eigenvalue weighted by atomic mass is 16.1. The van der Waals surface area contributed by atoms with Gasteiger partial charge in [-0.2, -0.15) is 0 Å². The van der Waals surface area contributed by atoms with Crippen LogP contribution in [0.5, 0.6) is 0 Å². The molecule has 0 fully saturated rings. The Bertz CT molecular complexity index is 158. The van der Waals surface area contributed by atoms with Crippen molar-refractivity contribution in [1.82, 2.24) is 5.32 Å². The van der Waals surface area contributed by atoms with Gasteiger partial charge in [0, 0.05) is 11.3 Å². The molecular formula is C7H11NO. The summed E-state index contributed by atoms with van der Waals surface area (Å²) in [5, 5.41) is 2.51. The van der Waals surface area contributed by atoms with E-state index in [1.807, 2.05) is 0 Å². The van der Waals surface area contributed by atoms with Crippen LogP contribution in [0.15, 0.2) is 24.4 Å². The zero-order valence-electron chi connectivity index (χ0n) is 5.82. The van der Waals surface area contributed by atoms with Crippen molar-refractivity contribution in [2.24, 2.45) is 0 Å². The molecule has 1 N–H and O–H groups in total. The van der Waals surface area contributed by atoms with Gasteiger partial charge < -0.3 is 5.32 Å². The molecule has 0 saturated carbocycles. The smallest absolute Gasteiger partial charge is 0.250 e. The van der Waals surface area contributed by atoms with Crippen LogP contribution in [0.4, 0.5) is 0 Å². The Hall–Kier alpha value is -1.05. The van der Waals surface area contributed by atoms with E-state index in [0.29, 0.717) is 11.3 Å². The summed E-state index contributed by atoms with van der Waals surface area (Å²) in [4.78, 5) is 10.7. The van der Waals surface area contributed by atoms with Gasteiger partial charge >= 0.3 is 0 Å². The van der Waals surface area contributed by atoms with Gasteiger partial charge in [0.2, 0.25) is 5.91 Å². The van der Waals surface area contributed by atoms with Gasteiger partial charge in [0.15, 0.2) is 0 Å². The molecule has 2 nitrogen and oxygen atoms in total. The molecule has 0 heterocycles. The standard InChI is InChI=1S/C7H11NO/c1-5(2)7(9)8-6(3)4/h1,3H2,2,4H3,(H,8,9). The first-order valence-electron chi connectivity index (χ1n) is 2.66. The maximum atomic E-state index is 10.7. The number of hydrogen-bond donors (Lipinski definition) is 1. The highest BCUT2D eigenvalue weighted by molar-refractivity contribution is 5.93. The molecule has 0 atom stereocenters. The molecule has 9 heavy (non-hydrogen) atoms. The summed E-state index contributed by atoms with van der Waals surface area (Å²) in [6.07, 6.45) is 0. The molecule has 0 aromatic rings. The highest BCUT2D eigenvalue weighted by Gasteiger charge is 1.97. The van der Waals surface area contributed by atoms with E-state index in [0.717, 1.165) is 0 Å². The van der Waals surface area contributed by atoms with E-state index < -0.39 is 0 Å². The summed E-state index contributed by atoms with van der Waals surface area (Å²) in [6.45, 7) is 10.3. The van der Waals surface area contributed by atoms with E-state index in [-0.39, 0.29) is 5.91 Å². The van der Waals surface area contributed by atoms with Gasteiger partial charge in [-0.15, -0.1) is 0 Å². The first kappa shape index (κ1) is 7.95. The number of hydrogen-bond acceptors (Lipinski definition) is 1. The van der Waals surface area contributed by atoms with E-state index in [4.69, 9.17) is 0 Å². The third-order valence-electron chi connectivity index (χ3n) is 0.715. The predicted octanol–water partition coefficient (Wildman–Crippen LogP) is 1.21. The van der Waals surface area contributed by atoms with E-state index in [1.54, 1.807) is 13.8 Å². The number of rotatable bonds is 2. The molecule has 50 valence electrons. The molecule has 2 heteroatoms. The summed E-state index contributed by atoms with van der Waals surface area (Å²) >= 11 is 0. The third kappa shape index (κ3) is 3.53. The monoisotopic (exact) mass is 125 g/mol. The molecule has 0 aromatic heterocycles. The van der Waals surface area contributed by atoms with Gasteiger partial charge in [-0.25, -0.2) is 0 Å². The maximum absolute atomic E-state index is 10.7. The second-order valence-electron chi connectivity index (χ2n) is 2.01. The van der Waals surface area contributed by atoms with Crippen LogP contribution in [-0.2, 0) is 4.79 Å². The van der Waals surface area contributed by atoms with E-state index >= 15 is 0 Å². The molecule has 0 aliphatic heterocycles. The topological polar surface area (TPSA) is 29.1 Å². The van der Waals surface area contributed by atoms with Gasteiger partial charge in [-0.05, 0) is 13.8 Å². The van der Waals surface area contributed by atoms with Crippen LogP contribution in [-0.4, -0.2) is 5.91 Å². The molecule has 0 radical (unpaired) electrons. The van der Waals surface area contributed by atoms with Crippen LogP contribution in [0.25, 0.3) is 0 Å². The van der Waals surface area contributed by atoms with Crippen LogP contribution in [0, 0.1) is 0 Å². The van der Waals surface area contributed by atoms with Crippen molar-refractivity contribution in [3.8, 4) is 0 Å². The van der Waals surface area contributed by atoms with Crippen LogP contribution >= 0.6 is 0 Å². The van der Waals surface area contributed by atoms with E-state index in [9.17, 15) is 4.79 Å². The normalized spacial score (nSPS) is 8.22. The van der Waals surface area contributed by atoms with Crippen molar-refractivity contribution >= 4 is 5.91 Å². The van der Waals surface area contributed by atoms with Crippen LogP contribution in [0.3, 0.4) is 0 Å². The average molecular weight is 125 g/mol. The Morgan fingerprint density at radius 1 is 1.33 bits per heavy atom. The molecule has 0 aliphatic rings. The summed E-state index contributed by atoms with van der Waals surface area (Å²) < 4.78 is 0. The fourth-order valence-electron chi connectivity index (χ4n) is 0.301. The lowest BCUT2D eigenvalue weighted by molar-refractivity contribution is -0.116. The molecule has 0 saturated heterocycles. The Labute approximate surface area is 55.3 Å². The van der Waals surface area contributed by atoms with Gasteiger partial charge in [-0.1, -0.05) is 13.2 Å². The summed E-state index contributed by atoms with van der Waals surface area (Å²) in [7, 11) is 0. The lowest BCUT2D eigenvalue weighted by Crippen LogP contribution is -2.20. The highest BCUT2D eigenvalue weighted by Crippen LogP contribution is 1.87. The van der Waals surface area contributed by atoms with Gasteiger partial charge in [0.25, 0.3) is 0 Å². The van der Waals surface area contributed by atoms with Crippen molar-refractivity contribution in [3.05, 3.63) is 24.4 Å². The zero-order valence-corrected chi connectivity index (χ0v) is 5.82. The summed E-state index contributed by atoms with van der Waals surface area (Å²) in [6, 6.07) is 0. The summed E-state index contributed by atoms with van der Waals surface area (Å²) in [5.74, 6) is -0.164. The van der Waals surface area contributed by atoms with Crippen molar-refractivity contribution in [1.29, 1.82) is 0 Å². The minimum Gasteiger partial charge on any atom is -0.327 e. The van der Waals surface area contributed by atoms with Gasteiger partial charge in [0.1, 0.15) is 0 Å². The molecule has 0 spiro atoms. The maximum Gasteiger partial charge on any atom is 0.250 e. The molecule has 0 unspecified atom stereocenters. The predicted molar refractivity (Wildman–Crippen MR) is 37.8 cm³/mol. The first-order valence-corrected chi connectivity index (χ1v) is 2.66. The zero-order chi connectivity index (χ0) is 7.44. The third-order valence-corrected chi connectivity index (χ3v) is 0.715. The fourth-order valence-corrected chi connectivity index (χ4v) is 0.301. The molecule has 0 rings (SSSR count). The van der Waals surface area contributed by atoms with Gasteiger partial charge in [-0.3, -0.25) is 4.79 Å². The SMILES string of the molecule is C=C(C)NC(=O)C(=C)C. The molecule has 1 amide bonds. The number of nitrogens with one attached hydrogen (secondary N) is 1. The molecule has 0 aromatic carbocycles.